The topological polar surface area (TPSA) is 0 Å². The third-order valence-corrected chi connectivity index (χ3v) is 5.16. The van der Waals surface area contributed by atoms with E-state index in [0.29, 0.717) is 29.4 Å². The van der Waals surface area contributed by atoms with Crippen LogP contribution in [0.15, 0.2) is 48.6 Å². The summed E-state index contributed by atoms with van der Waals surface area (Å²) in [6.45, 7) is -0.306. The number of hydrogen-bond donors (Lipinski definition) is 0. The van der Waals surface area contributed by atoms with E-state index < -0.39 is 17.5 Å². The minimum absolute atomic E-state index is 0.306. The second-order valence-electron chi connectivity index (χ2n) is 6.89. The molecule has 0 spiro atoms. The van der Waals surface area contributed by atoms with Gasteiger partial charge in [-0.1, -0.05) is 36.4 Å². The Morgan fingerprint density at radius 3 is 2.04 bits per heavy atom. The number of allylic oxidation sites excluding steroid dienone is 2. The van der Waals surface area contributed by atoms with Crippen molar-refractivity contribution in [3.8, 4) is 11.1 Å². The molecule has 0 heterocycles. The third-order valence-electron chi connectivity index (χ3n) is 5.16. The maximum absolute atomic E-state index is 13.4. The fourth-order valence-electron chi connectivity index (χ4n) is 3.67. The van der Waals surface area contributed by atoms with Gasteiger partial charge in [-0.2, -0.15) is 0 Å². The van der Waals surface area contributed by atoms with Gasteiger partial charge in [0.25, 0.3) is 0 Å². The lowest BCUT2D eigenvalue weighted by Crippen LogP contribution is -2.11. The van der Waals surface area contributed by atoms with Crippen LogP contribution in [0.5, 0.6) is 0 Å². The minimum atomic E-state index is -1.44. The van der Waals surface area contributed by atoms with Crippen molar-refractivity contribution in [3.05, 3.63) is 71.6 Å². The van der Waals surface area contributed by atoms with Crippen LogP contribution < -0.4 is 0 Å². The van der Waals surface area contributed by atoms with E-state index in [2.05, 4.69) is 6.08 Å². The van der Waals surface area contributed by atoms with Crippen LogP contribution in [-0.2, 0) is 0 Å². The van der Waals surface area contributed by atoms with Gasteiger partial charge in [0.05, 0.1) is 6.67 Å². The van der Waals surface area contributed by atoms with E-state index in [9.17, 15) is 17.6 Å². The van der Waals surface area contributed by atoms with Gasteiger partial charge in [-0.15, -0.1) is 0 Å². The van der Waals surface area contributed by atoms with Crippen molar-refractivity contribution in [1.82, 2.24) is 0 Å². The number of halogens is 4. The SMILES string of the molecule is FCCC=CC1CCC(c2ccc(-c3cc(F)c(F)c(F)c3)cc2)CC1. The predicted octanol–water partition coefficient (Wildman–Crippen LogP) is 6.96. The zero-order chi connectivity index (χ0) is 18.5. The van der Waals surface area contributed by atoms with Crippen molar-refractivity contribution in [2.24, 2.45) is 5.92 Å². The molecule has 0 aromatic heterocycles. The van der Waals surface area contributed by atoms with Gasteiger partial charge < -0.3 is 0 Å². The Kier molecular flexibility index (Phi) is 6.12. The van der Waals surface area contributed by atoms with Crippen LogP contribution in [0.2, 0.25) is 0 Å². The lowest BCUT2D eigenvalue weighted by molar-refractivity contribution is 0.375. The lowest BCUT2D eigenvalue weighted by atomic mass is 9.78. The highest BCUT2D eigenvalue weighted by Gasteiger charge is 2.21. The van der Waals surface area contributed by atoms with Crippen LogP contribution in [0.25, 0.3) is 11.1 Å². The first-order valence-corrected chi connectivity index (χ1v) is 9.06. The van der Waals surface area contributed by atoms with Crippen molar-refractivity contribution in [3.63, 3.8) is 0 Å². The zero-order valence-corrected chi connectivity index (χ0v) is 14.5. The highest BCUT2D eigenvalue weighted by atomic mass is 19.2. The molecule has 0 nitrogen and oxygen atoms in total. The van der Waals surface area contributed by atoms with E-state index >= 15 is 0 Å². The maximum atomic E-state index is 13.4. The smallest absolute Gasteiger partial charge is 0.194 e. The summed E-state index contributed by atoms with van der Waals surface area (Å²) in [6.07, 6.45) is 8.88. The Balaban J connectivity index is 1.65. The Morgan fingerprint density at radius 1 is 0.846 bits per heavy atom. The molecule has 0 bridgehead atoms. The van der Waals surface area contributed by atoms with Gasteiger partial charge in [-0.25, -0.2) is 13.2 Å². The first kappa shape index (κ1) is 18.7. The summed E-state index contributed by atoms with van der Waals surface area (Å²) in [5.41, 5.74) is 2.20. The lowest BCUT2D eigenvalue weighted by Gasteiger charge is -2.27. The predicted molar refractivity (Wildman–Crippen MR) is 96.2 cm³/mol. The largest absolute Gasteiger partial charge is 0.251 e. The van der Waals surface area contributed by atoms with Crippen LogP contribution in [0.1, 0.15) is 43.6 Å². The Morgan fingerprint density at radius 2 is 1.46 bits per heavy atom. The Bertz CT molecular complexity index is 733. The third kappa shape index (κ3) is 4.35. The van der Waals surface area contributed by atoms with Crippen LogP contribution >= 0.6 is 0 Å². The van der Waals surface area contributed by atoms with E-state index in [0.717, 1.165) is 37.8 Å². The Hall–Kier alpha value is -2.10. The van der Waals surface area contributed by atoms with E-state index in [1.807, 2.05) is 30.3 Å². The molecule has 2 aromatic rings. The molecule has 0 aliphatic heterocycles. The van der Waals surface area contributed by atoms with E-state index in [4.69, 9.17) is 0 Å². The fraction of sp³-hybridized carbons (Fsp3) is 0.364. The minimum Gasteiger partial charge on any atom is -0.251 e. The molecule has 1 aliphatic rings. The highest BCUT2D eigenvalue weighted by molar-refractivity contribution is 5.64. The standard InChI is InChI=1S/C22H22F4/c23-12-2-1-3-15-4-6-16(7-5-15)17-8-10-18(11-9-17)19-13-20(24)22(26)21(25)14-19/h1,3,8-11,13-16H,2,4-7,12H2. The number of alkyl halides is 1. The monoisotopic (exact) mass is 362 g/mol. The summed E-state index contributed by atoms with van der Waals surface area (Å²) < 4.78 is 52.0. The first-order chi connectivity index (χ1) is 12.6. The van der Waals surface area contributed by atoms with Gasteiger partial charge in [0.2, 0.25) is 0 Å². The summed E-state index contributed by atoms with van der Waals surface area (Å²) in [6, 6.07) is 9.66. The molecule has 3 rings (SSSR count). The van der Waals surface area contributed by atoms with E-state index in [-0.39, 0.29) is 6.67 Å². The van der Waals surface area contributed by atoms with Crippen LogP contribution in [0, 0.1) is 23.4 Å². The zero-order valence-electron chi connectivity index (χ0n) is 14.5. The molecule has 0 saturated heterocycles. The summed E-state index contributed by atoms with van der Waals surface area (Å²) in [5, 5.41) is 0. The molecule has 1 fully saturated rings. The van der Waals surface area contributed by atoms with Crippen molar-refractivity contribution < 1.29 is 17.6 Å². The quantitative estimate of drug-likeness (QED) is 0.306. The fourth-order valence-corrected chi connectivity index (χ4v) is 3.67. The second-order valence-corrected chi connectivity index (χ2v) is 6.89. The molecule has 4 heteroatoms. The molecule has 0 unspecified atom stereocenters. The van der Waals surface area contributed by atoms with E-state index in [1.54, 1.807) is 0 Å². The van der Waals surface area contributed by atoms with Crippen molar-refractivity contribution >= 4 is 0 Å². The summed E-state index contributed by atoms with van der Waals surface area (Å²) in [7, 11) is 0. The first-order valence-electron chi connectivity index (χ1n) is 9.06. The van der Waals surface area contributed by atoms with Crippen molar-refractivity contribution in [2.45, 2.75) is 38.0 Å². The van der Waals surface area contributed by atoms with Gasteiger partial charge in [0.15, 0.2) is 17.5 Å². The average molecular weight is 362 g/mol. The van der Waals surface area contributed by atoms with Crippen molar-refractivity contribution in [1.29, 1.82) is 0 Å². The second kappa shape index (κ2) is 8.52. The Labute approximate surface area is 151 Å². The van der Waals surface area contributed by atoms with E-state index in [1.165, 1.54) is 5.56 Å². The van der Waals surface area contributed by atoms with Gasteiger partial charge in [-0.3, -0.25) is 4.39 Å². The average Bonchev–Trinajstić information content (AvgIpc) is 2.67. The molecule has 0 atom stereocenters. The van der Waals surface area contributed by atoms with Crippen molar-refractivity contribution in [2.75, 3.05) is 6.67 Å². The summed E-state index contributed by atoms with van der Waals surface area (Å²) in [5.74, 6) is -2.80. The number of benzene rings is 2. The van der Waals surface area contributed by atoms with Gasteiger partial charge >= 0.3 is 0 Å². The van der Waals surface area contributed by atoms with Crippen LogP contribution in [0.3, 0.4) is 0 Å². The van der Waals surface area contributed by atoms with Gasteiger partial charge in [0.1, 0.15) is 0 Å². The number of hydrogen-bond acceptors (Lipinski definition) is 0. The molecule has 1 aliphatic carbocycles. The normalized spacial score (nSPS) is 20.6. The molecule has 26 heavy (non-hydrogen) atoms. The van der Waals surface area contributed by atoms with Gasteiger partial charge in [0, 0.05) is 0 Å². The molecule has 2 aromatic carbocycles. The van der Waals surface area contributed by atoms with Crippen LogP contribution in [-0.4, -0.2) is 6.67 Å². The highest BCUT2D eigenvalue weighted by Crippen LogP contribution is 2.37. The number of rotatable bonds is 5. The molecular formula is C22H22F4. The molecule has 138 valence electrons. The molecule has 0 N–H and O–H groups in total. The van der Waals surface area contributed by atoms with Crippen LogP contribution in [0.4, 0.5) is 17.6 Å². The molecule has 0 radical (unpaired) electrons. The molecule has 1 saturated carbocycles. The maximum Gasteiger partial charge on any atom is 0.194 e. The summed E-state index contributed by atoms with van der Waals surface area (Å²) >= 11 is 0. The molecule has 0 amide bonds. The van der Waals surface area contributed by atoms with Gasteiger partial charge in [-0.05, 0) is 72.8 Å². The molecular weight excluding hydrogens is 340 g/mol. The summed E-state index contributed by atoms with van der Waals surface area (Å²) in [4.78, 5) is 0.